The highest BCUT2D eigenvalue weighted by Crippen LogP contribution is 2.35. The van der Waals surface area contributed by atoms with Crippen molar-refractivity contribution in [3.63, 3.8) is 0 Å². The van der Waals surface area contributed by atoms with Crippen LogP contribution in [0.15, 0.2) is 23.9 Å². The van der Waals surface area contributed by atoms with Crippen molar-refractivity contribution in [1.82, 2.24) is 9.78 Å². The molecule has 31 heavy (non-hydrogen) atoms. The fourth-order valence-corrected chi connectivity index (χ4v) is 3.37. The average molecular weight is 428 g/mol. The predicted octanol–water partition coefficient (Wildman–Crippen LogP) is 5.98. The zero-order valence-corrected chi connectivity index (χ0v) is 19.8. The van der Waals surface area contributed by atoms with E-state index in [0.717, 1.165) is 17.6 Å². The molecule has 0 aliphatic rings. The Balaban J connectivity index is 2.67. The van der Waals surface area contributed by atoms with Crippen molar-refractivity contribution in [2.75, 3.05) is 0 Å². The van der Waals surface area contributed by atoms with E-state index in [1.54, 1.807) is 11.6 Å². The van der Waals surface area contributed by atoms with Crippen LogP contribution in [0.3, 0.4) is 0 Å². The van der Waals surface area contributed by atoms with Crippen molar-refractivity contribution in [2.45, 2.75) is 74.5 Å². The zero-order valence-electron chi connectivity index (χ0n) is 19.8. The number of nitro groups is 1. The molecule has 7 nitrogen and oxygen atoms in total. The van der Waals surface area contributed by atoms with E-state index in [2.05, 4.69) is 18.9 Å². The van der Waals surface area contributed by atoms with E-state index >= 15 is 0 Å². The molecule has 1 atom stereocenters. The van der Waals surface area contributed by atoms with Crippen LogP contribution in [0.2, 0.25) is 0 Å². The fourth-order valence-electron chi connectivity index (χ4n) is 3.37. The summed E-state index contributed by atoms with van der Waals surface area (Å²) in [5, 5.41) is 16.0. The first-order chi connectivity index (χ1) is 14.5. The first-order valence-electron chi connectivity index (χ1n) is 10.7. The number of nitro benzene ring substituents is 1. The molecular weight excluding hydrogens is 394 g/mol. The molecule has 2 rings (SSSR count). The second-order valence-corrected chi connectivity index (χ2v) is 8.62. The van der Waals surface area contributed by atoms with E-state index in [1.807, 2.05) is 34.6 Å². The van der Waals surface area contributed by atoms with Gasteiger partial charge in [-0.3, -0.25) is 14.9 Å². The van der Waals surface area contributed by atoms with Gasteiger partial charge in [0, 0.05) is 18.2 Å². The molecule has 0 amide bonds. The highest BCUT2D eigenvalue weighted by atomic mass is 16.6. The highest BCUT2D eigenvalue weighted by molar-refractivity contribution is 6.12. The number of ketones is 1. The molecule has 1 unspecified atom stereocenters. The minimum atomic E-state index is -0.402. The molecule has 7 heteroatoms. The Kier molecular flexibility index (Phi) is 7.76. The van der Waals surface area contributed by atoms with Crippen LogP contribution in [0.5, 0.6) is 5.88 Å². The van der Waals surface area contributed by atoms with Crippen LogP contribution in [0.25, 0.3) is 5.57 Å². The number of benzene rings is 1. The number of allylic oxidation sites excluding steroid dienone is 2. The standard InChI is InChI=1S/C24H33N3O4/c1-9-16(6)31-24-20(12-25-26(24)13-14(2)3)23(28)19-10-11-21(27(29)30)22(18(19)8)17(7)15(4)5/h10-12,14,16H,9,13H2,1-8H3. The molecule has 0 aliphatic heterocycles. The van der Waals surface area contributed by atoms with Crippen molar-refractivity contribution < 1.29 is 14.5 Å². The normalized spacial score (nSPS) is 12.0. The summed E-state index contributed by atoms with van der Waals surface area (Å²) in [6.07, 6.45) is 2.26. The van der Waals surface area contributed by atoms with Gasteiger partial charge in [0.05, 0.1) is 22.8 Å². The van der Waals surface area contributed by atoms with E-state index in [1.165, 1.54) is 18.3 Å². The maximum Gasteiger partial charge on any atom is 0.277 e. The Morgan fingerprint density at radius 2 is 1.84 bits per heavy atom. The number of carbonyl (C=O) groups excluding carboxylic acids is 1. The minimum Gasteiger partial charge on any atom is -0.474 e. The number of carbonyl (C=O) groups is 1. The van der Waals surface area contributed by atoms with Gasteiger partial charge in [-0.25, -0.2) is 4.68 Å². The maximum atomic E-state index is 13.6. The molecule has 0 fully saturated rings. The first kappa shape index (κ1) is 24.3. The van der Waals surface area contributed by atoms with Gasteiger partial charge >= 0.3 is 0 Å². The Bertz CT molecular complexity index is 1010. The zero-order chi connectivity index (χ0) is 23.5. The van der Waals surface area contributed by atoms with Gasteiger partial charge in [0.2, 0.25) is 5.88 Å². The first-order valence-corrected chi connectivity index (χ1v) is 10.7. The molecule has 1 aromatic carbocycles. The van der Waals surface area contributed by atoms with Crippen molar-refractivity contribution in [2.24, 2.45) is 5.92 Å². The lowest BCUT2D eigenvalue weighted by atomic mass is 9.90. The third-order valence-corrected chi connectivity index (χ3v) is 5.47. The van der Waals surface area contributed by atoms with Gasteiger partial charge in [-0.1, -0.05) is 26.3 Å². The molecule has 1 heterocycles. The van der Waals surface area contributed by atoms with Crippen LogP contribution in [-0.4, -0.2) is 26.6 Å². The molecule has 168 valence electrons. The van der Waals surface area contributed by atoms with Crippen molar-refractivity contribution in [3.8, 4) is 5.88 Å². The lowest BCUT2D eigenvalue weighted by Crippen LogP contribution is -2.17. The molecule has 0 spiro atoms. The quantitative estimate of drug-likeness (QED) is 0.279. The number of rotatable bonds is 9. The summed E-state index contributed by atoms with van der Waals surface area (Å²) < 4.78 is 7.82. The Hall–Kier alpha value is -2.96. The maximum absolute atomic E-state index is 13.6. The Morgan fingerprint density at radius 3 is 2.35 bits per heavy atom. The summed E-state index contributed by atoms with van der Waals surface area (Å²) in [6, 6.07) is 2.94. The average Bonchev–Trinajstić information content (AvgIpc) is 3.07. The van der Waals surface area contributed by atoms with Crippen molar-refractivity contribution in [1.29, 1.82) is 0 Å². The number of hydrogen-bond acceptors (Lipinski definition) is 5. The van der Waals surface area contributed by atoms with Crippen LogP contribution in [-0.2, 0) is 6.54 Å². The molecule has 0 N–H and O–H groups in total. The third kappa shape index (κ3) is 5.21. The number of aromatic nitrogens is 2. The van der Waals surface area contributed by atoms with Crippen LogP contribution >= 0.6 is 0 Å². The predicted molar refractivity (Wildman–Crippen MR) is 123 cm³/mol. The second-order valence-electron chi connectivity index (χ2n) is 8.62. The largest absolute Gasteiger partial charge is 0.474 e. The Morgan fingerprint density at radius 1 is 1.19 bits per heavy atom. The SMILES string of the molecule is CCC(C)Oc1c(C(=O)c2ccc([N+](=O)[O-])c(C(C)=C(C)C)c2C)cnn1CC(C)C. The molecule has 0 saturated heterocycles. The van der Waals surface area contributed by atoms with Gasteiger partial charge in [-0.2, -0.15) is 5.10 Å². The topological polar surface area (TPSA) is 87.3 Å². The van der Waals surface area contributed by atoms with Crippen LogP contribution < -0.4 is 4.74 Å². The van der Waals surface area contributed by atoms with E-state index in [9.17, 15) is 14.9 Å². The van der Waals surface area contributed by atoms with E-state index < -0.39 is 4.92 Å². The van der Waals surface area contributed by atoms with Gasteiger partial charge in [0.1, 0.15) is 5.56 Å². The summed E-state index contributed by atoms with van der Waals surface area (Å²) in [6.45, 7) is 16.2. The third-order valence-electron chi connectivity index (χ3n) is 5.47. The van der Waals surface area contributed by atoms with Crippen molar-refractivity contribution >= 4 is 17.0 Å². The molecule has 0 radical (unpaired) electrons. The lowest BCUT2D eigenvalue weighted by Gasteiger charge is -2.17. The molecule has 0 saturated carbocycles. The second kappa shape index (κ2) is 9.90. The van der Waals surface area contributed by atoms with E-state index in [0.29, 0.717) is 40.6 Å². The monoisotopic (exact) mass is 427 g/mol. The molecule has 2 aromatic rings. The van der Waals surface area contributed by atoms with Gasteiger partial charge in [-0.15, -0.1) is 0 Å². The molecular formula is C24H33N3O4. The summed E-state index contributed by atoms with van der Waals surface area (Å²) in [5.41, 5.74) is 3.63. The molecule has 1 aromatic heterocycles. The minimum absolute atomic E-state index is 0.000619. The van der Waals surface area contributed by atoms with Gasteiger partial charge in [0.15, 0.2) is 5.78 Å². The van der Waals surface area contributed by atoms with Crippen LogP contribution in [0, 0.1) is 23.0 Å². The van der Waals surface area contributed by atoms with Crippen LogP contribution in [0.1, 0.15) is 81.9 Å². The van der Waals surface area contributed by atoms with Gasteiger partial charge < -0.3 is 4.74 Å². The smallest absolute Gasteiger partial charge is 0.277 e. The lowest BCUT2D eigenvalue weighted by molar-refractivity contribution is -0.385. The number of ether oxygens (including phenoxy) is 1. The summed E-state index contributed by atoms with van der Waals surface area (Å²) >= 11 is 0. The summed E-state index contributed by atoms with van der Waals surface area (Å²) in [7, 11) is 0. The number of hydrogen-bond donors (Lipinski definition) is 0. The molecule has 0 bridgehead atoms. The van der Waals surface area contributed by atoms with Gasteiger partial charge in [-0.05, 0) is 64.2 Å². The fraction of sp³-hybridized carbons (Fsp3) is 0.500. The van der Waals surface area contributed by atoms with E-state index in [4.69, 9.17) is 4.74 Å². The molecule has 0 aliphatic carbocycles. The van der Waals surface area contributed by atoms with E-state index in [-0.39, 0.29) is 17.6 Å². The Labute approximate surface area is 184 Å². The van der Waals surface area contributed by atoms with Crippen LogP contribution in [0.4, 0.5) is 5.69 Å². The van der Waals surface area contributed by atoms with Crippen molar-refractivity contribution in [3.05, 3.63) is 56.3 Å². The number of nitrogens with zero attached hydrogens (tertiary/aromatic N) is 3. The highest BCUT2D eigenvalue weighted by Gasteiger charge is 2.27. The summed E-state index contributed by atoms with van der Waals surface area (Å²) in [4.78, 5) is 24.8. The summed E-state index contributed by atoms with van der Waals surface area (Å²) in [5.74, 6) is 0.532. The van der Waals surface area contributed by atoms with Gasteiger partial charge in [0.25, 0.3) is 5.69 Å².